The summed E-state index contributed by atoms with van der Waals surface area (Å²) in [6, 6.07) is 19.9. The molecule has 40 heavy (non-hydrogen) atoms. The molecular weight excluding hydrogens is 492 g/mol. The minimum atomic E-state index is 0.0541. The zero-order chi connectivity index (χ0) is 27.9. The van der Waals surface area contributed by atoms with E-state index in [4.69, 9.17) is 0 Å². The third kappa shape index (κ3) is 5.73. The first-order valence-corrected chi connectivity index (χ1v) is 15.7. The van der Waals surface area contributed by atoms with Crippen LogP contribution in [0.15, 0.2) is 70.3 Å². The number of nitrogens with zero attached hydrogens (tertiary/aromatic N) is 2. The van der Waals surface area contributed by atoms with Gasteiger partial charge in [-0.1, -0.05) is 102 Å². The van der Waals surface area contributed by atoms with Crippen LogP contribution in [0.1, 0.15) is 90.9 Å². The molecule has 210 valence electrons. The van der Waals surface area contributed by atoms with Gasteiger partial charge in [0.05, 0.1) is 22.1 Å². The van der Waals surface area contributed by atoms with Crippen molar-refractivity contribution in [3.63, 3.8) is 0 Å². The summed E-state index contributed by atoms with van der Waals surface area (Å²) in [4.78, 5) is 27.7. The molecule has 3 aromatic carbocycles. The number of unbranched alkanes of at least 4 members (excludes halogenated alkanes) is 10. The largest absolute Gasteiger partial charge is 0.340 e. The van der Waals surface area contributed by atoms with Gasteiger partial charge in [-0.3, -0.25) is 9.59 Å². The third-order valence-electron chi connectivity index (χ3n) is 8.53. The van der Waals surface area contributed by atoms with Crippen LogP contribution >= 0.6 is 0 Å². The molecule has 0 spiro atoms. The predicted octanol–water partition coefficient (Wildman–Crippen LogP) is 9.34. The van der Waals surface area contributed by atoms with Crippen molar-refractivity contribution in [1.29, 1.82) is 0 Å². The van der Waals surface area contributed by atoms with E-state index in [0.717, 1.165) is 58.8 Å². The second-order valence-corrected chi connectivity index (χ2v) is 11.4. The fraction of sp³-hybridized carbons (Fsp3) is 0.444. The minimum Gasteiger partial charge on any atom is -0.340 e. The molecule has 0 aliphatic rings. The molecule has 5 rings (SSSR count). The highest BCUT2D eigenvalue weighted by molar-refractivity contribution is 6.03. The van der Waals surface area contributed by atoms with Crippen LogP contribution in [0.25, 0.3) is 43.6 Å². The maximum Gasteiger partial charge on any atom is 0.197 e. The van der Waals surface area contributed by atoms with Gasteiger partial charge in [-0.2, -0.15) is 0 Å². The van der Waals surface area contributed by atoms with Gasteiger partial charge in [0.15, 0.2) is 10.9 Å². The van der Waals surface area contributed by atoms with Crippen molar-refractivity contribution in [1.82, 2.24) is 9.13 Å². The van der Waals surface area contributed by atoms with E-state index in [1.54, 1.807) is 0 Å². The van der Waals surface area contributed by atoms with Crippen LogP contribution in [0, 0.1) is 0 Å². The van der Waals surface area contributed by atoms with E-state index in [1.807, 2.05) is 48.5 Å². The van der Waals surface area contributed by atoms with Crippen LogP contribution < -0.4 is 10.9 Å². The van der Waals surface area contributed by atoms with Gasteiger partial charge >= 0.3 is 0 Å². The Hall–Kier alpha value is -3.40. The summed E-state index contributed by atoms with van der Waals surface area (Å²) in [6.07, 6.45) is 14.5. The number of aromatic nitrogens is 2. The molecule has 0 saturated carbocycles. The second kappa shape index (κ2) is 13.3. The van der Waals surface area contributed by atoms with Gasteiger partial charge in [0.1, 0.15) is 0 Å². The van der Waals surface area contributed by atoms with Crippen molar-refractivity contribution in [2.45, 2.75) is 104 Å². The molecule has 0 aliphatic heterocycles. The van der Waals surface area contributed by atoms with Gasteiger partial charge in [0.25, 0.3) is 0 Å². The van der Waals surface area contributed by atoms with Crippen LogP contribution in [0.4, 0.5) is 0 Å². The smallest absolute Gasteiger partial charge is 0.197 e. The average molecular weight is 537 g/mol. The lowest BCUT2D eigenvalue weighted by molar-refractivity contribution is 0.569. The summed E-state index contributed by atoms with van der Waals surface area (Å²) in [5.74, 6) is 0. The van der Waals surface area contributed by atoms with E-state index >= 15 is 0 Å². The lowest BCUT2D eigenvalue weighted by Crippen LogP contribution is -2.16. The summed E-state index contributed by atoms with van der Waals surface area (Å²) >= 11 is 0. The Kier molecular flexibility index (Phi) is 9.36. The summed E-state index contributed by atoms with van der Waals surface area (Å²) in [5, 5.41) is 2.93. The number of benzene rings is 3. The monoisotopic (exact) mass is 536 g/mol. The third-order valence-corrected chi connectivity index (χ3v) is 8.53. The first kappa shape index (κ1) is 28.1. The molecule has 5 aromatic rings. The number of hydrogen-bond donors (Lipinski definition) is 0. The van der Waals surface area contributed by atoms with Gasteiger partial charge in [-0.25, -0.2) is 0 Å². The summed E-state index contributed by atoms with van der Waals surface area (Å²) in [5.41, 5.74) is 3.78. The van der Waals surface area contributed by atoms with Crippen LogP contribution in [0.2, 0.25) is 0 Å². The number of rotatable bonds is 14. The zero-order valence-electron chi connectivity index (χ0n) is 24.4. The van der Waals surface area contributed by atoms with Crippen LogP contribution in [-0.4, -0.2) is 9.13 Å². The van der Waals surface area contributed by atoms with E-state index in [9.17, 15) is 9.59 Å². The molecule has 0 radical (unpaired) electrons. The van der Waals surface area contributed by atoms with Crippen molar-refractivity contribution in [2.75, 3.05) is 0 Å². The number of pyridine rings is 2. The molecule has 0 atom stereocenters. The average Bonchev–Trinajstić information content (AvgIpc) is 2.99. The fourth-order valence-corrected chi connectivity index (χ4v) is 6.32. The Morgan fingerprint density at radius 3 is 1.25 bits per heavy atom. The minimum absolute atomic E-state index is 0.0541. The summed E-state index contributed by atoms with van der Waals surface area (Å²) in [6.45, 7) is 6.17. The lowest BCUT2D eigenvalue weighted by atomic mass is 10.0. The zero-order valence-corrected chi connectivity index (χ0v) is 24.4. The predicted molar refractivity (Wildman–Crippen MR) is 172 cm³/mol. The van der Waals surface area contributed by atoms with Crippen LogP contribution in [0.5, 0.6) is 0 Å². The maximum absolute atomic E-state index is 13.9. The highest BCUT2D eigenvalue weighted by atomic mass is 16.1. The van der Waals surface area contributed by atoms with Gasteiger partial charge in [0, 0.05) is 34.6 Å². The van der Waals surface area contributed by atoms with Crippen molar-refractivity contribution in [2.24, 2.45) is 0 Å². The lowest BCUT2D eigenvalue weighted by Gasteiger charge is -2.19. The van der Waals surface area contributed by atoms with Gasteiger partial charge < -0.3 is 9.13 Å². The number of fused-ring (bicyclic) bond motifs is 4. The van der Waals surface area contributed by atoms with Crippen LogP contribution in [-0.2, 0) is 13.1 Å². The van der Waals surface area contributed by atoms with Gasteiger partial charge in [0.2, 0.25) is 0 Å². The quantitative estimate of drug-likeness (QED) is 0.105. The molecule has 0 aliphatic carbocycles. The standard InChI is InChI=1S/C36H44N2O2/c1-3-5-7-9-11-17-23-37-31-21-15-13-19-27(31)35(39)29-26-34-30(25-33(29)37)36(40)28-20-14-16-22-32(28)38(34)24-18-12-10-8-6-4-2/h13-16,19-22,25-26H,3-12,17-18,23-24H2,1-2H3. The Balaban J connectivity index is 1.65. The number of aryl methyl sites for hydroxylation is 2. The molecular formula is C36H44N2O2. The number of para-hydroxylation sites is 2. The second-order valence-electron chi connectivity index (χ2n) is 11.4. The first-order valence-electron chi connectivity index (χ1n) is 15.7. The molecule has 4 nitrogen and oxygen atoms in total. The first-order chi connectivity index (χ1) is 19.7. The molecule has 2 aromatic heterocycles. The van der Waals surface area contributed by atoms with E-state index in [-0.39, 0.29) is 10.9 Å². The Bertz CT molecular complexity index is 1600. The molecule has 0 fully saturated rings. The maximum atomic E-state index is 13.9. The van der Waals surface area contributed by atoms with Gasteiger partial charge in [-0.05, 0) is 49.2 Å². The molecule has 0 N–H and O–H groups in total. The number of hydrogen-bond acceptors (Lipinski definition) is 2. The SMILES string of the molecule is CCCCCCCCn1c2ccccc2c(=O)c2cc3c(cc21)c(=O)c1ccccc1n3CCCCCCCC. The van der Waals surface area contributed by atoms with Gasteiger partial charge in [-0.15, -0.1) is 0 Å². The topological polar surface area (TPSA) is 44.0 Å². The normalized spacial score (nSPS) is 11.8. The van der Waals surface area contributed by atoms with Crippen molar-refractivity contribution in [3.05, 3.63) is 81.1 Å². The highest BCUT2D eigenvalue weighted by Crippen LogP contribution is 2.27. The fourth-order valence-electron chi connectivity index (χ4n) is 6.32. The molecule has 0 saturated heterocycles. The van der Waals surface area contributed by atoms with Crippen molar-refractivity contribution < 1.29 is 0 Å². The Morgan fingerprint density at radius 1 is 0.450 bits per heavy atom. The van der Waals surface area contributed by atoms with E-state index in [1.165, 1.54) is 64.2 Å². The molecule has 0 unspecified atom stereocenters. The molecule has 4 heteroatoms. The van der Waals surface area contributed by atoms with Crippen molar-refractivity contribution >= 4 is 43.6 Å². The Morgan fingerprint density at radius 2 is 0.825 bits per heavy atom. The van der Waals surface area contributed by atoms with E-state index in [0.29, 0.717) is 10.8 Å². The van der Waals surface area contributed by atoms with Crippen molar-refractivity contribution in [3.8, 4) is 0 Å². The Labute approximate surface area is 237 Å². The highest BCUT2D eigenvalue weighted by Gasteiger charge is 2.16. The molecule has 2 heterocycles. The van der Waals surface area contributed by atoms with E-state index < -0.39 is 0 Å². The summed E-state index contributed by atoms with van der Waals surface area (Å²) < 4.78 is 4.58. The molecule has 0 bridgehead atoms. The summed E-state index contributed by atoms with van der Waals surface area (Å²) in [7, 11) is 0. The van der Waals surface area contributed by atoms with Crippen LogP contribution in [0.3, 0.4) is 0 Å². The van der Waals surface area contributed by atoms with E-state index in [2.05, 4.69) is 35.1 Å². The molecule has 0 amide bonds.